The molecule has 0 aliphatic rings. The van der Waals surface area contributed by atoms with Gasteiger partial charge in [0.05, 0.1) is 0 Å². The lowest BCUT2D eigenvalue weighted by atomic mass is 10.1. The molecule has 0 amide bonds. The maximum absolute atomic E-state index is 12.2. The first kappa shape index (κ1) is 11.3. The molecule has 0 unspecified atom stereocenters. The molecule has 12 heavy (non-hydrogen) atoms. The Morgan fingerprint density at radius 2 is 1.33 bits per heavy atom. The Kier molecular flexibility index (Phi) is 2.82. The number of rotatable bonds is 2. The molecule has 0 aromatic rings. The van der Waals surface area contributed by atoms with Crippen LogP contribution in [0.15, 0.2) is 11.7 Å². The fraction of sp³-hybridized carbons (Fsp3) is 0.667. The summed E-state index contributed by atoms with van der Waals surface area (Å²) in [5.74, 6) is -14.4. The van der Waals surface area contributed by atoms with Gasteiger partial charge in [0.25, 0.3) is 0 Å². The lowest BCUT2D eigenvalue weighted by molar-refractivity contribution is -0.184. The SMILES string of the molecule is C/C(F)=C(\F)C(F)(F)C(C)(F)F. The van der Waals surface area contributed by atoms with Crippen molar-refractivity contribution in [1.29, 1.82) is 0 Å². The zero-order chi connectivity index (χ0) is 10.2. The molecule has 0 aliphatic carbocycles. The molecule has 0 saturated heterocycles. The van der Waals surface area contributed by atoms with E-state index >= 15 is 0 Å². The number of halogens is 6. The summed E-state index contributed by atoms with van der Waals surface area (Å²) in [7, 11) is 0. The third kappa shape index (κ3) is 1.92. The lowest BCUT2D eigenvalue weighted by Crippen LogP contribution is -2.38. The highest BCUT2D eigenvalue weighted by molar-refractivity contribution is 5.11. The first-order valence-corrected chi connectivity index (χ1v) is 2.88. The van der Waals surface area contributed by atoms with Gasteiger partial charge in [0.2, 0.25) is 5.83 Å². The zero-order valence-electron chi connectivity index (χ0n) is 6.27. The molecular weight excluding hydrogens is 186 g/mol. The predicted octanol–water partition coefficient (Wildman–Crippen LogP) is 3.45. The van der Waals surface area contributed by atoms with Crippen molar-refractivity contribution in [2.45, 2.75) is 25.7 Å². The smallest absolute Gasteiger partial charge is 0.209 e. The van der Waals surface area contributed by atoms with Gasteiger partial charge in [-0.05, 0) is 6.92 Å². The Balaban J connectivity index is 5.01. The van der Waals surface area contributed by atoms with Crippen molar-refractivity contribution in [1.82, 2.24) is 0 Å². The molecule has 0 bridgehead atoms. The highest BCUT2D eigenvalue weighted by Gasteiger charge is 2.57. The van der Waals surface area contributed by atoms with E-state index in [0.717, 1.165) is 0 Å². The van der Waals surface area contributed by atoms with Crippen LogP contribution in [0.2, 0.25) is 0 Å². The predicted molar refractivity (Wildman–Crippen MR) is 30.5 cm³/mol. The molecule has 0 fully saturated rings. The largest absolute Gasteiger partial charge is 0.362 e. The molecule has 0 rings (SSSR count). The summed E-state index contributed by atoms with van der Waals surface area (Å²) in [5, 5.41) is 0. The molecule has 72 valence electrons. The lowest BCUT2D eigenvalue weighted by Gasteiger charge is -2.21. The Bertz CT molecular complexity index is 195. The molecule has 6 heteroatoms. The summed E-state index contributed by atoms with van der Waals surface area (Å²) < 4.78 is 72.0. The van der Waals surface area contributed by atoms with Crippen LogP contribution in [0, 0.1) is 0 Å². The van der Waals surface area contributed by atoms with Crippen molar-refractivity contribution < 1.29 is 26.3 Å². The first-order chi connectivity index (χ1) is 5.10. The van der Waals surface area contributed by atoms with Gasteiger partial charge in [0.1, 0.15) is 5.83 Å². The van der Waals surface area contributed by atoms with Gasteiger partial charge in [0, 0.05) is 6.92 Å². The molecule has 0 saturated carbocycles. The summed E-state index contributed by atoms with van der Waals surface area (Å²) in [4.78, 5) is 0. The van der Waals surface area contributed by atoms with E-state index in [1.165, 1.54) is 0 Å². The molecule has 0 nitrogen and oxygen atoms in total. The van der Waals surface area contributed by atoms with Gasteiger partial charge in [-0.2, -0.15) is 17.6 Å². The molecule has 0 atom stereocenters. The van der Waals surface area contributed by atoms with E-state index in [2.05, 4.69) is 0 Å². The van der Waals surface area contributed by atoms with Crippen LogP contribution in [0.5, 0.6) is 0 Å². The van der Waals surface area contributed by atoms with Gasteiger partial charge >= 0.3 is 11.8 Å². The van der Waals surface area contributed by atoms with Crippen molar-refractivity contribution in [2.24, 2.45) is 0 Å². The standard InChI is InChI=1S/C6H6F6/c1-3(7)4(8)6(11,12)5(2,9)10/h1-2H3/b4-3+. The Labute approximate surface area is 64.9 Å². The summed E-state index contributed by atoms with van der Waals surface area (Å²) in [6.07, 6.45) is 0. The number of hydrogen-bond acceptors (Lipinski definition) is 0. The molecule has 0 aromatic carbocycles. The number of allylic oxidation sites excluding steroid dienone is 2. The third-order valence-electron chi connectivity index (χ3n) is 1.13. The fourth-order valence-corrected chi connectivity index (χ4v) is 0.409. The molecule has 0 N–H and O–H groups in total. The van der Waals surface area contributed by atoms with Gasteiger partial charge < -0.3 is 0 Å². The second kappa shape index (κ2) is 2.99. The van der Waals surface area contributed by atoms with Crippen molar-refractivity contribution in [3.63, 3.8) is 0 Å². The van der Waals surface area contributed by atoms with Crippen LogP contribution in [0.3, 0.4) is 0 Å². The average molecular weight is 192 g/mol. The van der Waals surface area contributed by atoms with E-state index in [0.29, 0.717) is 6.92 Å². The fourth-order valence-electron chi connectivity index (χ4n) is 0.409. The van der Waals surface area contributed by atoms with Crippen LogP contribution in [-0.2, 0) is 0 Å². The molecule has 0 radical (unpaired) electrons. The van der Waals surface area contributed by atoms with Crippen LogP contribution in [-0.4, -0.2) is 11.8 Å². The van der Waals surface area contributed by atoms with E-state index in [9.17, 15) is 26.3 Å². The first-order valence-electron chi connectivity index (χ1n) is 2.88. The molecule has 0 aromatic heterocycles. The van der Waals surface area contributed by atoms with Gasteiger partial charge in [-0.1, -0.05) is 0 Å². The Hall–Kier alpha value is -0.680. The highest BCUT2D eigenvalue weighted by Crippen LogP contribution is 2.41. The summed E-state index contributed by atoms with van der Waals surface area (Å²) in [5.41, 5.74) is 0. The average Bonchev–Trinajstić information content (AvgIpc) is 1.83. The van der Waals surface area contributed by atoms with Gasteiger partial charge in [0.15, 0.2) is 0 Å². The van der Waals surface area contributed by atoms with Crippen LogP contribution in [0.1, 0.15) is 13.8 Å². The van der Waals surface area contributed by atoms with Gasteiger partial charge in [-0.3, -0.25) is 0 Å². The summed E-state index contributed by atoms with van der Waals surface area (Å²) >= 11 is 0. The minimum atomic E-state index is -5.08. The van der Waals surface area contributed by atoms with E-state index in [4.69, 9.17) is 0 Å². The molecule has 0 spiro atoms. The van der Waals surface area contributed by atoms with Crippen molar-refractivity contribution in [3.05, 3.63) is 11.7 Å². The minimum Gasteiger partial charge on any atom is -0.209 e. The molecule has 0 aliphatic heterocycles. The highest BCUT2D eigenvalue weighted by atomic mass is 19.3. The summed E-state index contributed by atoms with van der Waals surface area (Å²) in [6.45, 7) is 0.157. The van der Waals surface area contributed by atoms with Crippen molar-refractivity contribution in [3.8, 4) is 0 Å². The minimum absolute atomic E-state index is 0.185. The van der Waals surface area contributed by atoms with Gasteiger partial charge in [-0.15, -0.1) is 0 Å². The monoisotopic (exact) mass is 192 g/mol. The zero-order valence-corrected chi connectivity index (χ0v) is 6.27. The maximum Gasteiger partial charge on any atom is 0.362 e. The van der Waals surface area contributed by atoms with Crippen molar-refractivity contribution in [2.75, 3.05) is 0 Å². The molecule has 0 heterocycles. The quantitative estimate of drug-likeness (QED) is 0.588. The van der Waals surface area contributed by atoms with Crippen LogP contribution >= 0.6 is 0 Å². The van der Waals surface area contributed by atoms with Gasteiger partial charge in [-0.25, -0.2) is 8.78 Å². The Morgan fingerprint density at radius 1 is 1.00 bits per heavy atom. The summed E-state index contributed by atoms with van der Waals surface area (Å²) in [6, 6.07) is 0. The maximum atomic E-state index is 12.2. The van der Waals surface area contributed by atoms with Crippen molar-refractivity contribution >= 4 is 0 Å². The van der Waals surface area contributed by atoms with Crippen LogP contribution in [0.4, 0.5) is 26.3 Å². The normalized spacial score (nSPS) is 16.0. The van der Waals surface area contributed by atoms with E-state index in [-0.39, 0.29) is 6.92 Å². The second-order valence-corrected chi connectivity index (χ2v) is 2.31. The number of hydrogen-bond donors (Lipinski definition) is 0. The second-order valence-electron chi connectivity index (χ2n) is 2.31. The number of alkyl halides is 4. The van der Waals surface area contributed by atoms with E-state index in [1.54, 1.807) is 0 Å². The molecular formula is C6H6F6. The third-order valence-corrected chi connectivity index (χ3v) is 1.13. The van der Waals surface area contributed by atoms with E-state index < -0.39 is 23.5 Å². The Morgan fingerprint density at radius 3 is 1.42 bits per heavy atom. The topological polar surface area (TPSA) is 0 Å². The van der Waals surface area contributed by atoms with Crippen LogP contribution < -0.4 is 0 Å². The van der Waals surface area contributed by atoms with Crippen LogP contribution in [0.25, 0.3) is 0 Å². The van der Waals surface area contributed by atoms with E-state index in [1.807, 2.05) is 0 Å².